The molecule has 0 aliphatic carbocycles. The lowest BCUT2D eigenvalue weighted by atomic mass is 10.1. The van der Waals surface area contributed by atoms with Crippen LogP contribution in [0.5, 0.6) is 0 Å². The van der Waals surface area contributed by atoms with Crippen molar-refractivity contribution in [2.24, 2.45) is 0 Å². The Labute approximate surface area is 118 Å². The lowest BCUT2D eigenvalue weighted by molar-refractivity contribution is 0.124. The maximum Gasteiger partial charge on any atom is 0.321 e. The van der Waals surface area contributed by atoms with Crippen molar-refractivity contribution in [3.8, 4) is 0 Å². The summed E-state index contributed by atoms with van der Waals surface area (Å²) in [5.74, 6) is 0. The first-order chi connectivity index (χ1) is 9.27. The van der Waals surface area contributed by atoms with Crippen LogP contribution >= 0.6 is 0 Å². The minimum absolute atomic E-state index is 0.441. The SMILES string of the molecule is CCCO[SiH](CCC)OCCC(O)c1ccccc1. The van der Waals surface area contributed by atoms with Gasteiger partial charge in [-0.2, -0.15) is 0 Å². The highest BCUT2D eigenvalue weighted by molar-refractivity contribution is 6.44. The predicted octanol–water partition coefficient (Wildman–Crippen LogP) is 3.18. The molecule has 0 aliphatic rings. The molecule has 0 spiro atoms. The molecule has 0 amide bonds. The van der Waals surface area contributed by atoms with Crippen molar-refractivity contribution in [1.29, 1.82) is 0 Å². The Hall–Kier alpha value is -0.683. The number of aliphatic hydroxyl groups is 1. The highest BCUT2D eigenvalue weighted by atomic mass is 28.3. The first-order valence-corrected chi connectivity index (χ1v) is 9.00. The molecule has 2 atom stereocenters. The van der Waals surface area contributed by atoms with E-state index in [2.05, 4.69) is 13.8 Å². The molecule has 0 aliphatic heterocycles. The zero-order valence-electron chi connectivity index (χ0n) is 12.0. The maximum atomic E-state index is 10.0. The van der Waals surface area contributed by atoms with E-state index in [1.54, 1.807) is 0 Å². The van der Waals surface area contributed by atoms with Gasteiger partial charge in [-0.15, -0.1) is 0 Å². The van der Waals surface area contributed by atoms with Gasteiger partial charge in [0, 0.05) is 13.2 Å². The van der Waals surface area contributed by atoms with E-state index in [9.17, 15) is 5.11 Å². The maximum absolute atomic E-state index is 10.0. The Bertz CT molecular complexity index is 318. The summed E-state index contributed by atoms with van der Waals surface area (Å²) in [5.41, 5.74) is 0.953. The summed E-state index contributed by atoms with van der Waals surface area (Å²) >= 11 is 0. The third-order valence-corrected chi connectivity index (χ3v) is 5.18. The van der Waals surface area contributed by atoms with Crippen LogP contribution in [0.2, 0.25) is 6.04 Å². The molecule has 19 heavy (non-hydrogen) atoms. The highest BCUT2D eigenvalue weighted by Crippen LogP contribution is 2.16. The van der Waals surface area contributed by atoms with Crippen molar-refractivity contribution in [2.45, 2.75) is 45.3 Å². The summed E-state index contributed by atoms with van der Waals surface area (Å²) in [5, 5.41) is 10.0. The van der Waals surface area contributed by atoms with Gasteiger partial charge in [0.05, 0.1) is 6.10 Å². The summed E-state index contributed by atoms with van der Waals surface area (Å²) in [6, 6.07) is 10.8. The van der Waals surface area contributed by atoms with Crippen molar-refractivity contribution < 1.29 is 14.0 Å². The molecule has 1 aromatic carbocycles. The van der Waals surface area contributed by atoms with Crippen LogP contribution < -0.4 is 0 Å². The molecule has 0 saturated heterocycles. The fraction of sp³-hybridized carbons (Fsp3) is 0.600. The first-order valence-electron chi connectivity index (χ1n) is 7.24. The Balaban J connectivity index is 2.27. The Morgan fingerprint density at radius 3 is 2.37 bits per heavy atom. The lowest BCUT2D eigenvalue weighted by Crippen LogP contribution is -2.24. The van der Waals surface area contributed by atoms with Crippen molar-refractivity contribution in [3.05, 3.63) is 35.9 Å². The molecule has 1 aromatic rings. The smallest absolute Gasteiger partial charge is 0.321 e. The van der Waals surface area contributed by atoms with E-state index in [1.807, 2.05) is 30.3 Å². The molecule has 1 N–H and O–H groups in total. The van der Waals surface area contributed by atoms with E-state index >= 15 is 0 Å². The molecule has 0 heterocycles. The molecule has 0 bridgehead atoms. The average Bonchev–Trinajstić information content (AvgIpc) is 2.45. The quantitative estimate of drug-likeness (QED) is 0.670. The van der Waals surface area contributed by atoms with Gasteiger partial charge in [0.25, 0.3) is 0 Å². The molecular weight excluding hydrogens is 256 g/mol. The molecule has 0 saturated carbocycles. The summed E-state index contributed by atoms with van der Waals surface area (Å²) in [7, 11) is -1.52. The summed E-state index contributed by atoms with van der Waals surface area (Å²) < 4.78 is 11.6. The second kappa shape index (κ2) is 10.1. The largest absolute Gasteiger partial charge is 0.397 e. The topological polar surface area (TPSA) is 38.7 Å². The molecular formula is C15H26O3Si. The van der Waals surface area contributed by atoms with E-state index in [-0.39, 0.29) is 0 Å². The van der Waals surface area contributed by atoms with Gasteiger partial charge in [-0.05, 0) is 24.4 Å². The normalized spacial score (nSPS) is 14.3. The predicted molar refractivity (Wildman–Crippen MR) is 80.5 cm³/mol. The van der Waals surface area contributed by atoms with Gasteiger partial charge in [0.15, 0.2) is 0 Å². The number of hydrogen-bond acceptors (Lipinski definition) is 3. The number of hydrogen-bond donors (Lipinski definition) is 1. The molecule has 0 fully saturated rings. The van der Waals surface area contributed by atoms with Gasteiger partial charge in [0.1, 0.15) is 0 Å². The van der Waals surface area contributed by atoms with Gasteiger partial charge in [-0.25, -0.2) is 0 Å². The van der Waals surface area contributed by atoms with Crippen molar-refractivity contribution in [3.63, 3.8) is 0 Å². The van der Waals surface area contributed by atoms with Crippen LogP contribution in [0.1, 0.15) is 44.8 Å². The molecule has 0 aromatic heterocycles. The first kappa shape index (κ1) is 16.4. The summed E-state index contributed by atoms with van der Waals surface area (Å²) in [6.07, 6.45) is 2.32. The fourth-order valence-electron chi connectivity index (χ4n) is 1.85. The zero-order valence-corrected chi connectivity index (χ0v) is 13.2. The van der Waals surface area contributed by atoms with E-state index in [1.165, 1.54) is 0 Å². The summed E-state index contributed by atoms with van der Waals surface area (Å²) in [4.78, 5) is 0. The Morgan fingerprint density at radius 2 is 1.74 bits per heavy atom. The van der Waals surface area contributed by atoms with Crippen molar-refractivity contribution >= 4 is 9.28 Å². The Morgan fingerprint density at radius 1 is 1.05 bits per heavy atom. The van der Waals surface area contributed by atoms with Crippen molar-refractivity contribution in [2.75, 3.05) is 13.2 Å². The van der Waals surface area contributed by atoms with Crippen LogP contribution in [-0.2, 0) is 8.85 Å². The van der Waals surface area contributed by atoms with Gasteiger partial charge in [0.2, 0.25) is 0 Å². The fourth-order valence-corrected chi connectivity index (χ4v) is 3.65. The average molecular weight is 282 g/mol. The van der Waals surface area contributed by atoms with Crippen LogP contribution in [-0.4, -0.2) is 27.6 Å². The van der Waals surface area contributed by atoms with Crippen LogP contribution in [0.25, 0.3) is 0 Å². The number of benzene rings is 1. The van der Waals surface area contributed by atoms with Crippen molar-refractivity contribution in [1.82, 2.24) is 0 Å². The van der Waals surface area contributed by atoms with Crippen LogP contribution in [0.15, 0.2) is 30.3 Å². The number of rotatable bonds is 10. The van der Waals surface area contributed by atoms with Gasteiger partial charge in [-0.1, -0.05) is 50.6 Å². The zero-order chi connectivity index (χ0) is 13.9. The molecule has 2 unspecified atom stereocenters. The van der Waals surface area contributed by atoms with Gasteiger partial charge < -0.3 is 14.0 Å². The third kappa shape index (κ3) is 6.87. The van der Waals surface area contributed by atoms with E-state index in [4.69, 9.17) is 8.85 Å². The third-order valence-electron chi connectivity index (χ3n) is 2.91. The van der Waals surface area contributed by atoms with E-state index < -0.39 is 15.4 Å². The minimum Gasteiger partial charge on any atom is -0.397 e. The van der Waals surface area contributed by atoms with Gasteiger partial charge >= 0.3 is 9.28 Å². The van der Waals surface area contributed by atoms with E-state index in [0.717, 1.165) is 31.1 Å². The molecule has 0 radical (unpaired) electrons. The van der Waals surface area contributed by atoms with Crippen LogP contribution in [0.3, 0.4) is 0 Å². The van der Waals surface area contributed by atoms with E-state index in [0.29, 0.717) is 13.0 Å². The molecule has 1 rings (SSSR count). The molecule has 3 nitrogen and oxygen atoms in total. The van der Waals surface area contributed by atoms with Gasteiger partial charge in [-0.3, -0.25) is 0 Å². The monoisotopic (exact) mass is 282 g/mol. The second-order valence-electron chi connectivity index (χ2n) is 4.67. The second-order valence-corrected chi connectivity index (χ2v) is 6.78. The number of aliphatic hydroxyl groups excluding tert-OH is 1. The highest BCUT2D eigenvalue weighted by Gasteiger charge is 2.13. The Kier molecular flexibility index (Phi) is 8.74. The standard InChI is InChI=1S/C15H26O3Si/c1-3-11-17-19(13-4-2)18-12-10-15(16)14-8-6-5-7-9-14/h5-9,15-16,19H,3-4,10-13H2,1-2H3. The minimum atomic E-state index is -1.52. The summed E-state index contributed by atoms with van der Waals surface area (Å²) in [6.45, 7) is 5.63. The molecule has 4 heteroatoms. The van der Waals surface area contributed by atoms with Crippen LogP contribution in [0.4, 0.5) is 0 Å². The lowest BCUT2D eigenvalue weighted by Gasteiger charge is -2.17. The molecule has 108 valence electrons. The van der Waals surface area contributed by atoms with Crippen LogP contribution in [0, 0.1) is 0 Å².